The summed E-state index contributed by atoms with van der Waals surface area (Å²) in [5.74, 6) is 0.992. The Morgan fingerprint density at radius 2 is 1.77 bits per heavy atom. The normalized spacial score (nSPS) is 11.6. The van der Waals surface area contributed by atoms with Gasteiger partial charge in [0.1, 0.15) is 12.4 Å². The number of benzene rings is 2. The van der Waals surface area contributed by atoms with Crippen LogP contribution in [0.3, 0.4) is 0 Å². The zero-order chi connectivity index (χ0) is 21.3. The number of aliphatic hydroxyl groups excluding tert-OH is 1. The molecule has 0 fully saturated rings. The van der Waals surface area contributed by atoms with Crippen LogP contribution < -0.4 is 5.32 Å². The van der Waals surface area contributed by atoms with Crippen molar-refractivity contribution in [3.05, 3.63) is 77.2 Å². The molecule has 4 rings (SSSR count). The summed E-state index contributed by atoms with van der Waals surface area (Å²) < 4.78 is 0. The first-order valence-electron chi connectivity index (χ1n) is 9.75. The van der Waals surface area contributed by atoms with Gasteiger partial charge in [-0.3, -0.25) is 4.98 Å². The maximum Gasteiger partial charge on any atom is 0.156 e. The molecule has 5 nitrogen and oxygen atoms in total. The fraction of sp³-hybridized carbons (Fsp3) is 0.208. The van der Waals surface area contributed by atoms with Gasteiger partial charge in [-0.25, -0.2) is 9.97 Å². The molecular weight excluding hydrogens is 396 g/mol. The minimum absolute atomic E-state index is 0.0906. The zero-order valence-corrected chi connectivity index (χ0v) is 17.9. The molecule has 0 aliphatic heterocycles. The Kier molecular flexibility index (Phi) is 5.41. The summed E-state index contributed by atoms with van der Waals surface area (Å²) in [6, 6.07) is 17.7. The first-order chi connectivity index (χ1) is 14.3. The topological polar surface area (TPSA) is 70.9 Å². The average Bonchev–Trinajstić information content (AvgIpc) is 2.73. The Morgan fingerprint density at radius 3 is 2.43 bits per heavy atom. The average molecular weight is 419 g/mol. The highest BCUT2D eigenvalue weighted by atomic mass is 35.5. The Hall–Kier alpha value is -3.02. The molecule has 0 spiro atoms. The van der Waals surface area contributed by atoms with E-state index in [9.17, 15) is 5.11 Å². The maximum absolute atomic E-state index is 9.66. The van der Waals surface area contributed by atoms with Crippen LogP contribution in [0, 0.1) is 0 Å². The number of fused-ring (bicyclic) bond motifs is 1. The van der Waals surface area contributed by atoms with Crippen molar-refractivity contribution in [3.63, 3.8) is 0 Å². The van der Waals surface area contributed by atoms with Crippen LogP contribution >= 0.6 is 11.6 Å². The van der Waals surface area contributed by atoms with Gasteiger partial charge >= 0.3 is 0 Å². The van der Waals surface area contributed by atoms with Crippen LogP contribution in [0.25, 0.3) is 22.2 Å². The lowest BCUT2D eigenvalue weighted by Gasteiger charge is -2.19. The maximum atomic E-state index is 9.66. The highest BCUT2D eigenvalue weighted by Crippen LogP contribution is 2.31. The first-order valence-corrected chi connectivity index (χ1v) is 10.1. The fourth-order valence-corrected chi connectivity index (χ4v) is 3.51. The van der Waals surface area contributed by atoms with Gasteiger partial charge in [0.25, 0.3) is 0 Å². The van der Waals surface area contributed by atoms with Crippen molar-refractivity contribution in [1.29, 1.82) is 0 Å². The van der Waals surface area contributed by atoms with Crippen molar-refractivity contribution in [1.82, 2.24) is 15.0 Å². The molecule has 0 atom stereocenters. The van der Waals surface area contributed by atoms with E-state index in [1.165, 1.54) is 5.56 Å². The lowest BCUT2D eigenvalue weighted by molar-refractivity contribution is 0.272. The highest BCUT2D eigenvalue weighted by molar-refractivity contribution is 6.33. The number of aliphatic hydroxyl groups is 1. The third-order valence-corrected chi connectivity index (χ3v) is 5.24. The van der Waals surface area contributed by atoms with E-state index in [-0.39, 0.29) is 12.0 Å². The van der Waals surface area contributed by atoms with E-state index in [0.29, 0.717) is 27.9 Å². The molecule has 0 bridgehead atoms. The van der Waals surface area contributed by atoms with Gasteiger partial charge in [-0.05, 0) is 47.4 Å². The van der Waals surface area contributed by atoms with E-state index in [1.807, 2.05) is 30.3 Å². The number of anilines is 2. The summed E-state index contributed by atoms with van der Waals surface area (Å²) in [5.41, 5.74) is 4.53. The predicted molar refractivity (Wildman–Crippen MR) is 122 cm³/mol. The molecule has 0 amide bonds. The minimum atomic E-state index is -0.248. The number of hydrogen-bond donors (Lipinski definition) is 2. The van der Waals surface area contributed by atoms with Crippen LogP contribution in [-0.2, 0) is 12.0 Å². The number of halogens is 1. The Balaban J connectivity index is 1.75. The van der Waals surface area contributed by atoms with Gasteiger partial charge in [-0.15, -0.1) is 0 Å². The number of nitrogens with one attached hydrogen (secondary N) is 1. The van der Waals surface area contributed by atoms with Crippen LogP contribution in [0.2, 0.25) is 5.02 Å². The number of pyridine rings is 1. The first kappa shape index (κ1) is 20.3. The van der Waals surface area contributed by atoms with Gasteiger partial charge in [-0.2, -0.15) is 0 Å². The molecule has 0 aliphatic rings. The molecule has 2 N–H and O–H groups in total. The lowest BCUT2D eigenvalue weighted by atomic mass is 9.87. The smallest absolute Gasteiger partial charge is 0.156 e. The zero-order valence-electron chi connectivity index (χ0n) is 17.1. The Bertz CT molecular complexity index is 1200. The van der Waals surface area contributed by atoms with Gasteiger partial charge < -0.3 is 10.4 Å². The van der Waals surface area contributed by atoms with Crippen molar-refractivity contribution in [3.8, 4) is 11.3 Å². The van der Waals surface area contributed by atoms with E-state index in [0.717, 1.165) is 16.6 Å². The van der Waals surface area contributed by atoms with Crippen molar-refractivity contribution in [2.75, 3.05) is 5.32 Å². The van der Waals surface area contributed by atoms with E-state index in [2.05, 4.69) is 53.2 Å². The monoisotopic (exact) mass is 418 g/mol. The summed E-state index contributed by atoms with van der Waals surface area (Å²) in [5, 5.41) is 14.4. The molecule has 0 unspecified atom stereocenters. The van der Waals surface area contributed by atoms with E-state index < -0.39 is 0 Å². The number of nitrogens with zero attached hydrogens (tertiary/aromatic N) is 3. The number of rotatable bonds is 4. The fourth-order valence-electron chi connectivity index (χ4n) is 3.28. The molecule has 2 heterocycles. The van der Waals surface area contributed by atoms with Crippen molar-refractivity contribution >= 4 is 34.0 Å². The SMILES string of the molecule is CC(C)(C)c1ccc(Nc2nc(CO)nc3cc(-c4ncccc4Cl)ccc23)cc1. The van der Waals surface area contributed by atoms with E-state index in [1.54, 1.807) is 18.3 Å². The second-order valence-corrected chi connectivity index (χ2v) is 8.57. The largest absolute Gasteiger partial charge is 0.388 e. The number of aromatic nitrogens is 3. The quantitative estimate of drug-likeness (QED) is 0.433. The number of hydrogen-bond acceptors (Lipinski definition) is 5. The molecule has 0 saturated carbocycles. The molecule has 152 valence electrons. The third-order valence-electron chi connectivity index (χ3n) is 4.93. The molecule has 0 aliphatic carbocycles. The molecule has 0 radical (unpaired) electrons. The predicted octanol–water partition coefficient (Wildman–Crippen LogP) is 5.88. The van der Waals surface area contributed by atoms with Crippen molar-refractivity contribution in [2.45, 2.75) is 32.8 Å². The van der Waals surface area contributed by atoms with Crippen LogP contribution in [0.15, 0.2) is 60.8 Å². The molecule has 2 aromatic carbocycles. The second kappa shape index (κ2) is 8.01. The Morgan fingerprint density at radius 1 is 1.00 bits per heavy atom. The van der Waals surface area contributed by atoms with Gasteiger partial charge in [-0.1, -0.05) is 50.6 Å². The van der Waals surface area contributed by atoms with Gasteiger partial charge in [0.15, 0.2) is 5.82 Å². The molecule has 30 heavy (non-hydrogen) atoms. The molecule has 4 aromatic rings. The van der Waals surface area contributed by atoms with Crippen LogP contribution in [-0.4, -0.2) is 20.1 Å². The van der Waals surface area contributed by atoms with Crippen molar-refractivity contribution in [2.24, 2.45) is 0 Å². The molecule has 2 aromatic heterocycles. The molecule has 6 heteroatoms. The van der Waals surface area contributed by atoms with E-state index >= 15 is 0 Å². The summed E-state index contributed by atoms with van der Waals surface area (Å²) in [4.78, 5) is 13.4. The minimum Gasteiger partial charge on any atom is -0.388 e. The van der Waals surface area contributed by atoms with Crippen LogP contribution in [0.5, 0.6) is 0 Å². The summed E-state index contributed by atoms with van der Waals surface area (Å²) >= 11 is 6.30. The van der Waals surface area contributed by atoms with Gasteiger partial charge in [0.05, 0.1) is 16.2 Å². The van der Waals surface area contributed by atoms with Crippen LogP contribution in [0.1, 0.15) is 32.2 Å². The van der Waals surface area contributed by atoms with Crippen molar-refractivity contribution < 1.29 is 5.11 Å². The lowest BCUT2D eigenvalue weighted by Crippen LogP contribution is -2.10. The summed E-state index contributed by atoms with van der Waals surface area (Å²) in [7, 11) is 0. The molecule has 0 saturated heterocycles. The van der Waals surface area contributed by atoms with E-state index in [4.69, 9.17) is 11.6 Å². The third kappa shape index (κ3) is 4.13. The highest BCUT2D eigenvalue weighted by Gasteiger charge is 2.14. The summed E-state index contributed by atoms with van der Waals surface area (Å²) in [6.45, 7) is 6.31. The van der Waals surface area contributed by atoms with Crippen LogP contribution in [0.4, 0.5) is 11.5 Å². The summed E-state index contributed by atoms with van der Waals surface area (Å²) in [6.07, 6.45) is 1.71. The van der Waals surface area contributed by atoms with Gasteiger partial charge in [0, 0.05) is 22.8 Å². The van der Waals surface area contributed by atoms with Gasteiger partial charge in [0.2, 0.25) is 0 Å². The molecular formula is C24H23ClN4O. The second-order valence-electron chi connectivity index (χ2n) is 8.16. The Labute approximate surface area is 180 Å². The standard InChI is InChI=1S/C24H23ClN4O/c1-24(2,3)16-7-9-17(10-8-16)27-23-18-11-6-15(22-19(25)5-4-12-26-22)13-20(18)28-21(14-30)29-23/h4-13,30H,14H2,1-3H3,(H,27,28,29).